The molecule has 86 valence electrons. The number of hydrogen-bond acceptors (Lipinski definition) is 2. The van der Waals surface area contributed by atoms with Crippen LogP contribution in [-0.2, 0) is 4.79 Å². The molecule has 1 amide bonds. The van der Waals surface area contributed by atoms with Gasteiger partial charge in [0.25, 0.3) is 0 Å². The molecule has 1 saturated heterocycles. The minimum Gasteiger partial charge on any atom is -0.345 e. The zero-order valence-corrected chi connectivity index (χ0v) is 9.67. The first kappa shape index (κ1) is 10.9. The van der Waals surface area contributed by atoms with Crippen molar-refractivity contribution in [2.75, 3.05) is 20.1 Å². The molecule has 1 N–H and O–H groups in total. The van der Waals surface area contributed by atoms with Crippen LogP contribution >= 0.6 is 0 Å². The van der Waals surface area contributed by atoms with Gasteiger partial charge in [-0.2, -0.15) is 0 Å². The molecule has 15 heavy (non-hydrogen) atoms. The third-order valence-electron chi connectivity index (χ3n) is 3.52. The molecule has 3 nitrogen and oxygen atoms in total. The lowest BCUT2D eigenvalue weighted by atomic mass is 10.1. The van der Waals surface area contributed by atoms with Crippen molar-refractivity contribution >= 4 is 5.91 Å². The van der Waals surface area contributed by atoms with Crippen LogP contribution in [0.5, 0.6) is 0 Å². The lowest BCUT2D eigenvalue weighted by Gasteiger charge is -2.18. The van der Waals surface area contributed by atoms with Crippen molar-refractivity contribution in [2.24, 2.45) is 5.92 Å². The van der Waals surface area contributed by atoms with Gasteiger partial charge in [0.1, 0.15) is 0 Å². The maximum absolute atomic E-state index is 11.8. The van der Waals surface area contributed by atoms with E-state index in [2.05, 4.69) is 5.32 Å². The summed E-state index contributed by atoms with van der Waals surface area (Å²) >= 11 is 0. The second kappa shape index (κ2) is 4.97. The van der Waals surface area contributed by atoms with Crippen molar-refractivity contribution < 1.29 is 4.79 Å². The number of carbonyl (C=O) groups is 1. The van der Waals surface area contributed by atoms with Crippen LogP contribution in [-0.4, -0.2) is 37.0 Å². The summed E-state index contributed by atoms with van der Waals surface area (Å²) in [6.07, 6.45) is 6.91. The highest BCUT2D eigenvalue weighted by Gasteiger charge is 2.25. The largest absolute Gasteiger partial charge is 0.345 e. The molecule has 1 heterocycles. The van der Waals surface area contributed by atoms with E-state index in [0.29, 0.717) is 11.9 Å². The Morgan fingerprint density at radius 3 is 2.80 bits per heavy atom. The highest BCUT2D eigenvalue weighted by atomic mass is 16.2. The van der Waals surface area contributed by atoms with Gasteiger partial charge >= 0.3 is 0 Å². The van der Waals surface area contributed by atoms with Crippen molar-refractivity contribution in [1.82, 2.24) is 10.2 Å². The van der Waals surface area contributed by atoms with Gasteiger partial charge in [-0.05, 0) is 44.6 Å². The van der Waals surface area contributed by atoms with Crippen LogP contribution in [0, 0.1) is 5.92 Å². The molecule has 1 unspecified atom stereocenters. The van der Waals surface area contributed by atoms with Gasteiger partial charge in [-0.25, -0.2) is 0 Å². The minimum atomic E-state index is 0.329. The Labute approximate surface area is 92.2 Å². The summed E-state index contributed by atoms with van der Waals surface area (Å²) in [6, 6.07) is 0.600. The molecule has 0 aromatic rings. The summed E-state index contributed by atoms with van der Waals surface area (Å²) in [7, 11) is 1.95. The lowest BCUT2D eigenvalue weighted by molar-refractivity contribution is -0.130. The minimum absolute atomic E-state index is 0.329. The van der Waals surface area contributed by atoms with Gasteiger partial charge in [0.05, 0.1) is 0 Å². The Kier molecular flexibility index (Phi) is 3.62. The number of nitrogens with one attached hydrogen (secondary N) is 1. The Hall–Kier alpha value is -0.570. The Bertz CT molecular complexity index is 220. The predicted octanol–water partition coefficient (Wildman–Crippen LogP) is 1.39. The second-order valence-electron chi connectivity index (χ2n) is 5.05. The summed E-state index contributed by atoms with van der Waals surface area (Å²) < 4.78 is 0. The first-order valence-corrected chi connectivity index (χ1v) is 6.23. The first-order valence-electron chi connectivity index (χ1n) is 6.23. The highest BCUT2D eigenvalue weighted by molar-refractivity contribution is 5.75. The summed E-state index contributed by atoms with van der Waals surface area (Å²) in [5.41, 5.74) is 0. The predicted molar refractivity (Wildman–Crippen MR) is 60.6 cm³/mol. The summed E-state index contributed by atoms with van der Waals surface area (Å²) in [5, 5.41) is 3.43. The number of rotatable bonds is 5. The molecular weight excluding hydrogens is 188 g/mol. The topological polar surface area (TPSA) is 32.3 Å². The SMILES string of the molecule is CN(CC1CC1)C(=O)CCC1CCCN1. The van der Waals surface area contributed by atoms with Crippen LogP contribution in [0.2, 0.25) is 0 Å². The van der Waals surface area contributed by atoms with Gasteiger partial charge in [0.15, 0.2) is 0 Å². The molecule has 1 atom stereocenters. The smallest absolute Gasteiger partial charge is 0.222 e. The van der Waals surface area contributed by atoms with Gasteiger partial charge in [-0.1, -0.05) is 0 Å². The average molecular weight is 210 g/mol. The molecule has 1 aliphatic carbocycles. The van der Waals surface area contributed by atoms with E-state index >= 15 is 0 Å². The normalized spacial score (nSPS) is 25.5. The van der Waals surface area contributed by atoms with Gasteiger partial charge in [0, 0.05) is 26.1 Å². The van der Waals surface area contributed by atoms with Crippen LogP contribution in [0.4, 0.5) is 0 Å². The monoisotopic (exact) mass is 210 g/mol. The fourth-order valence-corrected chi connectivity index (χ4v) is 2.28. The highest BCUT2D eigenvalue weighted by Crippen LogP contribution is 2.29. The van der Waals surface area contributed by atoms with Crippen LogP contribution < -0.4 is 5.32 Å². The maximum atomic E-state index is 11.8. The zero-order chi connectivity index (χ0) is 10.7. The zero-order valence-electron chi connectivity index (χ0n) is 9.67. The quantitative estimate of drug-likeness (QED) is 0.743. The molecule has 3 heteroatoms. The number of amides is 1. The van der Waals surface area contributed by atoms with Crippen LogP contribution in [0.25, 0.3) is 0 Å². The van der Waals surface area contributed by atoms with Crippen molar-refractivity contribution in [3.8, 4) is 0 Å². The number of nitrogens with zero attached hydrogens (tertiary/aromatic N) is 1. The molecule has 2 fully saturated rings. The van der Waals surface area contributed by atoms with Crippen LogP contribution in [0.15, 0.2) is 0 Å². The van der Waals surface area contributed by atoms with E-state index in [1.165, 1.54) is 25.7 Å². The van der Waals surface area contributed by atoms with E-state index in [1.54, 1.807) is 0 Å². The van der Waals surface area contributed by atoms with Gasteiger partial charge < -0.3 is 10.2 Å². The Morgan fingerprint density at radius 2 is 2.20 bits per heavy atom. The molecule has 2 aliphatic rings. The fraction of sp³-hybridized carbons (Fsp3) is 0.917. The van der Waals surface area contributed by atoms with Gasteiger partial charge in [0.2, 0.25) is 5.91 Å². The van der Waals surface area contributed by atoms with E-state index in [9.17, 15) is 4.79 Å². The summed E-state index contributed by atoms with van der Waals surface area (Å²) in [5.74, 6) is 1.14. The van der Waals surface area contributed by atoms with E-state index in [1.807, 2.05) is 11.9 Å². The third-order valence-corrected chi connectivity index (χ3v) is 3.52. The summed E-state index contributed by atoms with van der Waals surface area (Å²) in [4.78, 5) is 13.7. The molecule has 2 rings (SSSR count). The maximum Gasteiger partial charge on any atom is 0.222 e. The average Bonchev–Trinajstić information content (AvgIpc) is 2.88. The van der Waals surface area contributed by atoms with E-state index in [0.717, 1.165) is 31.8 Å². The second-order valence-corrected chi connectivity index (χ2v) is 5.05. The van der Waals surface area contributed by atoms with Crippen LogP contribution in [0.3, 0.4) is 0 Å². The number of hydrogen-bond donors (Lipinski definition) is 1. The van der Waals surface area contributed by atoms with E-state index < -0.39 is 0 Å². The van der Waals surface area contributed by atoms with E-state index in [-0.39, 0.29) is 0 Å². The summed E-state index contributed by atoms with van der Waals surface area (Å²) in [6.45, 7) is 2.12. The molecular formula is C12H22N2O. The van der Waals surface area contributed by atoms with Crippen molar-refractivity contribution in [3.05, 3.63) is 0 Å². The molecule has 0 radical (unpaired) electrons. The van der Waals surface area contributed by atoms with Crippen molar-refractivity contribution in [3.63, 3.8) is 0 Å². The van der Waals surface area contributed by atoms with Crippen LogP contribution in [0.1, 0.15) is 38.5 Å². The molecule has 1 aliphatic heterocycles. The Morgan fingerprint density at radius 1 is 1.40 bits per heavy atom. The number of carbonyl (C=O) groups excluding carboxylic acids is 1. The fourth-order valence-electron chi connectivity index (χ4n) is 2.28. The van der Waals surface area contributed by atoms with Gasteiger partial charge in [-0.15, -0.1) is 0 Å². The Balaban J connectivity index is 1.61. The van der Waals surface area contributed by atoms with Gasteiger partial charge in [-0.3, -0.25) is 4.79 Å². The third kappa shape index (κ3) is 3.49. The standard InChI is InChI=1S/C12H22N2O/c1-14(9-10-4-5-10)12(15)7-6-11-3-2-8-13-11/h10-11,13H,2-9H2,1H3. The molecule has 0 spiro atoms. The molecule has 0 aromatic carbocycles. The van der Waals surface area contributed by atoms with Crippen molar-refractivity contribution in [2.45, 2.75) is 44.6 Å². The molecule has 0 bridgehead atoms. The molecule has 1 saturated carbocycles. The van der Waals surface area contributed by atoms with E-state index in [4.69, 9.17) is 0 Å². The lowest BCUT2D eigenvalue weighted by Crippen LogP contribution is -2.30. The van der Waals surface area contributed by atoms with Crippen molar-refractivity contribution in [1.29, 1.82) is 0 Å². The first-order chi connectivity index (χ1) is 7.25. The molecule has 0 aromatic heterocycles.